The second kappa shape index (κ2) is 8.44. The number of nitrogens with one attached hydrogen (secondary N) is 1. The Kier molecular flexibility index (Phi) is 6.29. The molecule has 0 saturated carbocycles. The zero-order chi connectivity index (χ0) is 16.7. The minimum atomic E-state index is 0.0215. The lowest BCUT2D eigenvalue weighted by Crippen LogP contribution is -2.32. The molecule has 2 aromatic carbocycles. The van der Waals surface area contributed by atoms with E-state index in [2.05, 4.69) is 29.3 Å². The third-order valence-electron chi connectivity index (χ3n) is 3.69. The molecule has 1 unspecified atom stereocenters. The molecule has 0 aliphatic heterocycles. The maximum atomic E-state index is 6.10. The number of nitrogens with zero attached hydrogens (tertiary/aromatic N) is 1. The molecule has 0 aromatic heterocycles. The number of benzene rings is 2. The number of ether oxygens (including phenoxy) is 2. The summed E-state index contributed by atoms with van der Waals surface area (Å²) in [6.45, 7) is 2.88. The van der Waals surface area contributed by atoms with E-state index in [0.717, 1.165) is 30.2 Å². The maximum absolute atomic E-state index is 6.10. The molecule has 0 amide bonds. The molecule has 0 saturated heterocycles. The summed E-state index contributed by atoms with van der Waals surface area (Å²) in [7, 11) is 5.69. The van der Waals surface area contributed by atoms with Gasteiger partial charge in [-0.1, -0.05) is 37.3 Å². The summed E-state index contributed by atoms with van der Waals surface area (Å²) in [6.07, 6.45) is 0.922. The average Bonchev–Trinajstić information content (AvgIpc) is 2.58. The van der Waals surface area contributed by atoms with Crippen LogP contribution in [0.1, 0.15) is 18.9 Å². The highest BCUT2D eigenvalue weighted by Crippen LogP contribution is 2.31. The SMILES string of the molecule is CCC(Oc1cc(NCc2ccccc2)ccc1OC)N(C)C. The molecule has 1 atom stereocenters. The molecule has 0 aliphatic rings. The predicted molar refractivity (Wildman–Crippen MR) is 95.2 cm³/mol. The van der Waals surface area contributed by atoms with Crippen molar-refractivity contribution in [3.05, 3.63) is 54.1 Å². The molecule has 23 heavy (non-hydrogen) atoms. The van der Waals surface area contributed by atoms with Gasteiger partial charge in [-0.15, -0.1) is 0 Å². The number of hydrogen-bond acceptors (Lipinski definition) is 4. The highest BCUT2D eigenvalue weighted by Gasteiger charge is 2.14. The van der Waals surface area contributed by atoms with Crippen LogP contribution in [-0.2, 0) is 6.54 Å². The van der Waals surface area contributed by atoms with E-state index in [1.54, 1.807) is 7.11 Å². The number of rotatable bonds is 8. The Morgan fingerprint density at radius 3 is 2.39 bits per heavy atom. The molecule has 0 heterocycles. The van der Waals surface area contributed by atoms with Crippen molar-refractivity contribution in [2.24, 2.45) is 0 Å². The first kappa shape index (κ1) is 17.2. The molecule has 0 bridgehead atoms. The van der Waals surface area contributed by atoms with Crippen molar-refractivity contribution >= 4 is 5.69 Å². The van der Waals surface area contributed by atoms with Gasteiger partial charge in [0.25, 0.3) is 0 Å². The van der Waals surface area contributed by atoms with Gasteiger partial charge >= 0.3 is 0 Å². The summed E-state index contributed by atoms with van der Waals surface area (Å²) in [4.78, 5) is 2.06. The minimum Gasteiger partial charge on any atom is -0.493 e. The van der Waals surface area contributed by atoms with Crippen molar-refractivity contribution in [3.63, 3.8) is 0 Å². The lowest BCUT2D eigenvalue weighted by molar-refractivity contribution is 0.0587. The van der Waals surface area contributed by atoms with Crippen molar-refractivity contribution in [1.82, 2.24) is 4.90 Å². The highest BCUT2D eigenvalue weighted by molar-refractivity contribution is 5.55. The van der Waals surface area contributed by atoms with Gasteiger partial charge in [0.2, 0.25) is 0 Å². The Balaban J connectivity index is 2.11. The fourth-order valence-corrected chi connectivity index (χ4v) is 2.38. The summed E-state index contributed by atoms with van der Waals surface area (Å²) in [5.74, 6) is 1.50. The van der Waals surface area contributed by atoms with Crippen LogP contribution in [-0.4, -0.2) is 32.3 Å². The summed E-state index contributed by atoms with van der Waals surface area (Å²) in [5.41, 5.74) is 2.25. The van der Waals surface area contributed by atoms with E-state index in [4.69, 9.17) is 9.47 Å². The van der Waals surface area contributed by atoms with E-state index in [0.29, 0.717) is 0 Å². The van der Waals surface area contributed by atoms with Crippen LogP contribution >= 0.6 is 0 Å². The molecular weight excluding hydrogens is 288 g/mol. The molecule has 0 radical (unpaired) electrons. The maximum Gasteiger partial charge on any atom is 0.165 e. The molecule has 124 valence electrons. The van der Waals surface area contributed by atoms with Gasteiger partial charge in [-0.3, -0.25) is 4.90 Å². The fourth-order valence-electron chi connectivity index (χ4n) is 2.38. The van der Waals surface area contributed by atoms with E-state index >= 15 is 0 Å². The molecule has 4 heteroatoms. The molecule has 4 nitrogen and oxygen atoms in total. The van der Waals surface area contributed by atoms with Crippen LogP contribution in [0.4, 0.5) is 5.69 Å². The van der Waals surface area contributed by atoms with Crippen LogP contribution in [0.2, 0.25) is 0 Å². The zero-order valence-electron chi connectivity index (χ0n) is 14.4. The molecule has 0 spiro atoms. The van der Waals surface area contributed by atoms with Gasteiger partial charge in [0.15, 0.2) is 17.7 Å². The van der Waals surface area contributed by atoms with Crippen molar-refractivity contribution in [3.8, 4) is 11.5 Å². The van der Waals surface area contributed by atoms with Crippen molar-refractivity contribution in [2.75, 3.05) is 26.5 Å². The lowest BCUT2D eigenvalue weighted by atomic mass is 10.2. The van der Waals surface area contributed by atoms with Crippen LogP contribution in [0, 0.1) is 0 Å². The standard InChI is InChI=1S/C19H26N2O2/c1-5-19(21(2)3)23-18-13-16(11-12-17(18)22-4)20-14-15-9-7-6-8-10-15/h6-13,19-20H,5,14H2,1-4H3. The summed E-state index contributed by atoms with van der Waals surface area (Å²) < 4.78 is 11.5. The third kappa shape index (κ3) is 4.89. The van der Waals surface area contributed by atoms with E-state index in [1.807, 2.05) is 50.5 Å². The van der Waals surface area contributed by atoms with E-state index in [-0.39, 0.29) is 6.23 Å². The first-order valence-electron chi connectivity index (χ1n) is 7.93. The largest absolute Gasteiger partial charge is 0.493 e. The van der Waals surface area contributed by atoms with Gasteiger partial charge in [0, 0.05) is 18.3 Å². The van der Waals surface area contributed by atoms with E-state index < -0.39 is 0 Å². The normalized spacial score (nSPS) is 12.0. The van der Waals surface area contributed by atoms with Crippen molar-refractivity contribution < 1.29 is 9.47 Å². The quantitative estimate of drug-likeness (QED) is 0.747. The van der Waals surface area contributed by atoms with Gasteiger partial charge in [-0.05, 0) is 38.2 Å². The summed E-state index contributed by atoms with van der Waals surface area (Å²) >= 11 is 0. The molecule has 0 fully saturated rings. The van der Waals surface area contributed by atoms with Gasteiger partial charge < -0.3 is 14.8 Å². The van der Waals surface area contributed by atoms with Crippen LogP contribution in [0.25, 0.3) is 0 Å². The highest BCUT2D eigenvalue weighted by atomic mass is 16.5. The molecule has 0 aliphatic carbocycles. The van der Waals surface area contributed by atoms with Gasteiger partial charge in [-0.2, -0.15) is 0 Å². The molecular formula is C19H26N2O2. The van der Waals surface area contributed by atoms with E-state index in [1.165, 1.54) is 5.56 Å². The zero-order valence-corrected chi connectivity index (χ0v) is 14.4. The van der Waals surface area contributed by atoms with Crippen LogP contribution in [0.5, 0.6) is 11.5 Å². The minimum absolute atomic E-state index is 0.0215. The smallest absolute Gasteiger partial charge is 0.165 e. The Labute approximate surface area is 139 Å². The predicted octanol–water partition coefficient (Wildman–Crippen LogP) is 3.98. The molecule has 2 rings (SSSR count). The van der Waals surface area contributed by atoms with Crippen molar-refractivity contribution in [1.29, 1.82) is 0 Å². The van der Waals surface area contributed by atoms with E-state index in [9.17, 15) is 0 Å². The number of methoxy groups -OCH3 is 1. The topological polar surface area (TPSA) is 33.7 Å². The first-order chi connectivity index (χ1) is 11.1. The lowest BCUT2D eigenvalue weighted by Gasteiger charge is -2.25. The van der Waals surface area contributed by atoms with Gasteiger partial charge in [0.1, 0.15) is 0 Å². The van der Waals surface area contributed by atoms with Crippen LogP contribution in [0.3, 0.4) is 0 Å². The molecule has 1 N–H and O–H groups in total. The Hall–Kier alpha value is -2.20. The van der Waals surface area contributed by atoms with Gasteiger partial charge in [0.05, 0.1) is 7.11 Å². The number of hydrogen-bond donors (Lipinski definition) is 1. The first-order valence-corrected chi connectivity index (χ1v) is 7.93. The second-order valence-electron chi connectivity index (χ2n) is 5.65. The van der Waals surface area contributed by atoms with Crippen LogP contribution in [0.15, 0.2) is 48.5 Å². The fraction of sp³-hybridized carbons (Fsp3) is 0.368. The molecule has 2 aromatic rings. The summed E-state index contributed by atoms with van der Waals surface area (Å²) in [6, 6.07) is 16.3. The summed E-state index contributed by atoms with van der Waals surface area (Å²) in [5, 5.41) is 3.42. The number of anilines is 1. The van der Waals surface area contributed by atoms with Crippen molar-refractivity contribution in [2.45, 2.75) is 26.1 Å². The third-order valence-corrected chi connectivity index (χ3v) is 3.69. The average molecular weight is 314 g/mol. The van der Waals surface area contributed by atoms with Crippen LogP contribution < -0.4 is 14.8 Å². The monoisotopic (exact) mass is 314 g/mol. The Morgan fingerprint density at radius 2 is 1.78 bits per heavy atom. The Bertz CT molecular complexity index is 600. The second-order valence-corrected chi connectivity index (χ2v) is 5.65. The van der Waals surface area contributed by atoms with Gasteiger partial charge in [-0.25, -0.2) is 0 Å². The Morgan fingerprint density at radius 1 is 1.04 bits per heavy atom.